The van der Waals surface area contributed by atoms with E-state index < -0.39 is 0 Å². The molecule has 0 spiro atoms. The summed E-state index contributed by atoms with van der Waals surface area (Å²) in [6.07, 6.45) is 1.61. The highest BCUT2D eigenvalue weighted by Gasteiger charge is 1.94. The number of benzene rings is 1. The third kappa shape index (κ3) is 1.28. The van der Waals surface area contributed by atoms with Gasteiger partial charge in [-0.3, -0.25) is 0 Å². The van der Waals surface area contributed by atoms with Crippen molar-refractivity contribution in [3.8, 4) is 5.75 Å². The van der Waals surface area contributed by atoms with E-state index in [9.17, 15) is 5.11 Å². The highest BCUT2D eigenvalue weighted by atomic mass is 28.1. The van der Waals surface area contributed by atoms with Crippen LogP contribution in [-0.2, 0) is 0 Å². The van der Waals surface area contributed by atoms with Gasteiger partial charge in [-0.05, 0) is 6.07 Å². The monoisotopic (exact) mass is 147 g/mol. The predicted octanol–water partition coefficient (Wildman–Crippen LogP) is 0.829. The molecule has 2 heteroatoms. The molecular weight excluding hydrogens is 140 g/mol. The zero-order valence-electron chi connectivity index (χ0n) is 5.46. The van der Waals surface area contributed by atoms with Crippen LogP contribution in [0.5, 0.6) is 5.75 Å². The maximum Gasteiger partial charge on any atom is 0.122 e. The summed E-state index contributed by atoms with van der Waals surface area (Å²) in [7, 11) is 3.28. The van der Waals surface area contributed by atoms with E-state index in [2.05, 4.69) is 16.8 Å². The molecule has 0 aliphatic rings. The van der Waals surface area contributed by atoms with Crippen LogP contribution in [-0.4, -0.2) is 15.3 Å². The van der Waals surface area contributed by atoms with Gasteiger partial charge < -0.3 is 5.11 Å². The first-order chi connectivity index (χ1) is 4.74. The number of hydrogen-bond donors (Lipinski definition) is 1. The minimum atomic E-state index is 0.252. The third-order valence-electron chi connectivity index (χ3n) is 1.25. The summed E-state index contributed by atoms with van der Waals surface area (Å²) in [6, 6.07) is 5.28. The molecule has 1 rings (SSSR count). The lowest BCUT2D eigenvalue weighted by molar-refractivity contribution is 0.474. The molecule has 49 valence electrons. The van der Waals surface area contributed by atoms with Gasteiger partial charge in [-0.25, -0.2) is 0 Å². The van der Waals surface area contributed by atoms with Gasteiger partial charge in [-0.15, -0.1) is 0 Å². The van der Waals surface area contributed by atoms with Gasteiger partial charge in [-0.1, -0.05) is 30.0 Å². The van der Waals surface area contributed by atoms with E-state index in [0.717, 1.165) is 10.8 Å². The summed E-state index contributed by atoms with van der Waals surface area (Å²) in [5.74, 6) is 0.252. The van der Waals surface area contributed by atoms with Crippen LogP contribution in [0.15, 0.2) is 24.8 Å². The van der Waals surface area contributed by atoms with Crippen molar-refractivity contribution < 1.29 is 5.11 Å². The molecule has 0 aliphatic heterocycles. The van der Waals surface area contributed by atoms with E-state index in [1.54, 1.807) is 18.2 Å². The van der Waals surface area contributed by atoms with Gasteiger partial charge >= 0.3 is 0 Å². The first kappa shape index (κ1) is 7.09. The molecule has 1 nitrogen and oxygen atoms in total. The lowest BCUT2D eigenvalue weighted by Crippen LogP contribution is -1.99. The number of phenolic OH excluding ortho intramolecular Hbond substituents is 1. The Labute approximate surface area is 63.4 Å². The summed E-state index contributed by atoms with van der Waals surface area (Å²) in [5, 5.41) is 10.1. The molecule has 1 N–H and O–H groups in total. The minimum absolute atomic E-state index is 0.252. The van der Waals surface area contributed by atoms with E-state index in [1.165, 1.54) is 0 Å². The van der Waals surface area contributed by atoms with E-state index in [0.29, 0.717) is 0 Å². The summed E-state index contributed by atoms with van der Waals surface area (Å²) in [5.41, 5.74) is 0.752. The summed E-state index contributed by atoms with van der Waals surface area (Å²) >= 11 is 0. The Bertz CT molecular complexity index is 255. The number of rotatable bonds is 1. The standard InChI is InChI=1S/C8H7OSi/c1-2-6-3-4-7(10)5-8(6)9/h2-5,9H,1H2. The van der Waals surface area contributed by atoms with Crippen LogP contribution in [0.4, 0.5) is 0 Å². The lowest BCUT2D eigenvalue weighted by Gasteiger charge is -1.98. The Hall–Kier alpha value is -1.02. The highest BCUT2D eigenvalue weighted by molar-refractivity contribution is 6.32. The van der Waals surface area contributed by atoms with Gasteiger partial charge in [0.1, 0.15) is 5.75 Å². The predicted molar refractivity (Wildman–Crippen MR) is 43.6 cm³/mol. The van der Waals surface area contributed by atoms with Crippen molar-refractivity contribution in [1.82, 2.24) is 0 Å². The average molecular weight is 147 g/mol. The largest absolute Gasteiger partial charge is 0.507 e. The molecule has 0 bridgehead atoms. The zero-order chi connectivity index (χ0) is 7.56. The van der Waals surface area contributed by atoms with Crippen LogP contribution in [0, 0.1) is 0 Å². The molecule has 0 saturated heterocycles. The molecule has 0 unspecified atom stereocenters. The molecule has 0 aromatic heterocycles. The molecule has 0 amide bonds. The molecule has 0 fully saturated rings. The van der Waals surface area contributed by atoms with Gasteiger partial charge in [-0.2, -0.15) is 0 Å². The van der Waals surface area contributed by atoms with Crippen LogP contribution < -0.4 is 5.19 Å². The molecule has 0 saturated carbocycles. The van der Waals surface area contributed by atoms with Crippen LogP contribution in [0.25, 0.3) is 6.08 Å². The molecule has 3 radical (unpaired) electrons. The lowest BCUT2D eigenvalue weighted by atomic mass is 10.2. The van der Waals surface area contributed by atoms with Crippen LogP contribution in [0.1, 0.15) is 5.56 Å². The van der Waals surface area contributed by atoms with Gasteiger partial charge in [0, 0.05) is 5.56 Å². The van der Waals surface area contributed by atoms with Crippen molar-refractivity contribution >= 4 is 21.5 Å². The second-order valence-corrected chi connectivity index (χ2v) is 2.56. The highest BCUT2D eigenvalue weighted by Crippen LogP contribution is 2.14. The van der Waals surface area contributed by atoms with Gasteiger partial charge in [0.15, 0.2) is 0 Å². The second kappa shape index (κ2) is 2.71. The Morgan fingerprint density at radius 2 is 2.20 bits per heavy atom. The van der Waals surface area contributed by atoms with Crippen molar-refractivity contribution in [3.63, 3.8) is 0 Å². The fourth-order valence-electron chi connectivity index (χ4n) is 0.716. The second-order valence-electron chi connectivity index (χ2n) is 1.98. The topological polar surface area (TPSA) is 20.2 Å². The van der Waals surface area contributed by atoms with Crippen LogP contribution in [0.2, 0.25) is 0 Å². The SMILES string of the molecule is C=Cc1ccc([Si])cc1O. The molecule has 1 aromatic rings. The summed E-state index contributed by atoms with van der Waals surface area (Å²) < 4.78 is 0. The van der Waals surface area contributed by atoms with Crippen molar-refractivity contribution in [2.45, 2.75) is 0 Å². The average Bonchev–Trinajstić information content (AvgIpc) is 1.88. The van der Waals surface area contributed by atoms with Gasteiger partial charge in [0.2, 0.25) is 0 Å². The van der Waals surface area contributed by atoms with Crippen molar-refractivity contribution in [3.05, 3.63) is 30.3 Å². The number of phenols is 1. The Balaban J connectivity index is 3.19. The van der Waals surface area contributed by atoms with Gasteiger partial charge in [0.25, 0.3) is 0 Å². The molecular formula is C8H7OSi. The molecule has 10 heavy (non-hydrogen) atoms. The number of aromatic hydroxyl groups is 1. The molecule has 0 atom stereocenters. The zero-order valence-corrected chi connectivity index (χ0v) is 6.46. The first-order valence-electron chi connectivity index (χ1n) is 2.91. The smallest absolute Gasteiger partial charge is 0.122 e. The Kier molecular flexibility index (Phi) is 1.92. The minimum Gasteiger partial charge on any atom is -0.507 e. The molecule has 1 aromatic carbocycles. The van der Waals surface area contributed by atoms with E-state index in [4.69, 9.17) is 0 Å². The Morgan fingerprint density at radius 1 is 1.50 bits per heavy atom. The maximum absolute atomic E-state index is 9.19. The van der Waals surface area contributed by atoms with E-state index in [1.807, 2.05) is 6.07 Å². The van der Waals surface area contributed by atoms with Crippen LogP contribution in [0.3, 0.4) is 0 Å². The summed E-state index contributed by atoms with van der Waals surface area (Å²) in [6.45, 7) is 3.55. The normalized spacial score (nSPS) is 9.30. The van der Waals surface area contributed by atoms with E-state index in [-0.39, 0.29) is 5.75 Å². The fourth-order valence-corrected chi connectivity index (χ4v) is 0.936. The Morgan fingerprint density at radius 3 is 2.70 bits per heavy atom. The maximum atomic E-state index is 9.19. The van der Waals surface area contributed by atoms with Crippen LogP contribution >= 0.6 is 0 Å². The summed E-state index contributed by atoms with van der Waals surface area (Å²) in [4.78, 5) is 0. The quantitative estimate of drug-likeness (QED) is 0.583. The fraction of sp³-hybridized carbons (Fsp3) is 0. The first-order valence-corrected chi connectivity index (χ1v) is 3.41. The third-order valence-corrected chi connectivity index (χ3v) is 1.56. The van der Waals surface area contributed by atoms with Crippen molar-refractivity contribution in [2.24, 2.45) is 0 Å². The van der Waals surface area contributed by atoms with E-state index >= 15 is 0 Å². The number of hydrogen-bond acceptors (Lipinski definition) is 1. The van der Waals surface area contributed by atoms with Crippen molar-refractivity contribution in [1.29, 1.82) is 0 Å². The van der Waals surface area contributed by atoms with Gasteiger partial charge in [0.05, 0.1) is 10.2 Å². The van der Waals surface area contributed by atoms with Crippen molar-refractivity contribution in [2.75, 3.05) is 0 Å². The molecule has 0 aliphatic carbocycles. The molecule has 0 heterocycles.